The molecule has 116 valence electrons. The van der Waals surface area contributed by atoms with Gasteiger partial charge in [-0.2, -0.15) is 18.3 Å². The van der Waals surface area contributed by atoms with Gasteiger partial charge in [0.1, 0.15) is 0 Å². The van der Waals surface area contributed by atoms with Crippen LogP contribution in [0.5, 0.6) is 0 Å². The molecule has 0 atom stereocenters. The third-order valence-corrected chi connectivity index (χ3v) is 3.80. The Labute approximate surface area is 130 Å². The van der Waals surface area contributed by atoms with Crippen molar-refractivity contribution in [3.05, 3.63) is 51.8 Å². The van der Waals surface area contributed by atoms with E-state index in [-0.39, 0.29) is 12.1 Å². The van der Waals surface area contributed by atoms with E-state index in [1.54, 1.807) is 12.1 Å². The summed E-state index contributed by atoms with van der Waals surface area (Å²) in [6.07, 6.45) is -2.60. The van der Waals surface area contributed by atoms with Crippen LogP contribution in [0.3, 0.4) is 0 Å². The van der Waals surface area contributed by atoms with E-state index in [0.717, 1.165) is 11.1 Å². The second kappa shape index (κ2) is 5.44. The molecule has 0 aliphatic carbocycles. The highest BCUT2D eigenvalue weighted by molar-refractivity contribution is 6.30. The van der Waals surface area contributed by atoms with Crippen molar-refractivity contribution in [2.75, 3.05) is 6.54 Å². The first kappa shape index (κ1) is 15.1. The molecule has 0 saturated heterocycles. The summed E-state index contributed by atoms with van der Waals surface area (Å²) in [6.45, 7) is 0.655. The summed E-state index contributed by atoms with van der Waals surface area (Å²) in [5.41, 5.74) is 1.56. The summed E-state index contributed by atoms with van der Waals surface area (Å²) < 4.78 is 40.5. The Morgan fingerprint density at radius 3 is 2.55 bits per heavy atom. The zero-order valence-corrected chi connectivity index (χ0v) is 12.5. The van der Waals surface area contributed by atoms with E-state index in [1.807, 2.05) is 18.2 Å². The van der Waals surface area contributed by atoms with Crippen molar-refractivity contribution in [2.24, 2.45) is 7.05 Å². The lowest BCUT2D eigenvalue weighted by atomic mass is 9.99. The summed E-state index contributed by atoms with van der Waals surface area (Å²) in [5, 5.41) is 7.28. The van der Waals surface area contributed by atoms with Gasteiger partial charge in [-0.25, -0.2) is 0 Å². The van der Waals surface area contributed by atoms with Crippen molar-refractivity contribution in [3.63, 3.8) is 0 Å². The first-order valence-corrected chi connectivity index (χ1v) is 7.04. The Morgan fingerprint density at radius 2 is 1.91 bits per heavy atom. The van der Waals surface area contributed by atoms with Gasteiger partial charge in [0.05, 0.1) is 5.69 Å². The van der Waals surface area contributed by atoms with E-state index in [4.69, 9.17) is 11.6 Å². The normalized spacial score (nSPS) is 16.9. The van der Waals surface area contributed by atoms with Crippen LogP contribution in [0.2, 0.25) is 5.02 Å². The third kappa shape index (κ3) is 2.76. The number of hydrogen-bond acceptors (Lipinski definition) is 2. The second-order valence-electron chi connectivity index (χ2n) is 5.12. The van der Waals surface area contributed by atoms with Gasteiger partial charge in [0.2, 0.25) is 0 Å². The Balaban J connectivity index is 2.08. The average molecular weight is 328 g/mol. The minimum absolute atomic E-state index is 0.163. The van der Waals surface area contributed by atoms with Gasteiger partial charge >= 0.3 is 6.18 Å². The molecule has 0 bridgehead atoms. The van der Waals surface area contributed by atoms with Crippen molar-refractivity contribution in [1.82, 2.24) is 15.1 Å². The van der Waals surface area contributed by atoms with Crippen LogP contribution in [-0.4, -0.2) is 16.3 Å². The molecule has 3 nitrogen and oxygen atoms in total. The predicted octanol–water partition coefficient (Wildman–Crippen LogP) is 3.74. The molecule has 7 heteroatoms. The highest BCUT2D eigenvalue weighted by atomic mass is 35.5. The van der Waals surface area contributed by atoms with Crippen LogP contribution in [0.1, 0.15) is 22.5 Å². The molecule has 2 heterocycles. The maximum atomic E-state index is 13.0. The molecule has 1 N–H and O–H groups in total. The lowest BCUT2D eigenvalue weighted by molar-refractivity contribution is -0.142. The van der Waals surface area contributed by atoms with Crippen LogP contribution >= 0.6 is 11.6 Å². The lowest BCUT2D eigenvalue weighted by Gasteiger charge is -2.19. The zero-order chi connectivity index (χ0) is 15.9. The van der Waals surface area contributed by atoms with Gasteiger partial charge in [0.15, 0.2) is 5.69 Å². The van der Waals surface area contributed by atoms with Crippen molar-refractivity contribution in [3.8, 4) is 0 Å². The molecule has 1 aromatic carbocycles. The van der Waals surface area contributed by atoms with Crippen LogP contribution in [-0.2, 0) is 19.8 Å². The standard InChI is InChI=1S/C15H13ClF3N3/c1-22-13-10(6-9-2-4-11(16)5-3-9)7-20-8-12(13)14(21-22)15(17,18)19/h2-6,20H,7-8H2,1H3/b10-6-. The first-order chi connectivity index (χ1) is 10.4. The molecule has 3 rings (SSSR count). The summed E-state index contributed by atoms with van der Waals surface area (Å²) in [5.74, 6) is 0. The smallest absolute Gasteiger partial charge is 0.308 e. The van der Waals surface area contributed by atoms with Crippen LogP contribution in [0.4, 0.5) is 13.2 Å². The fraction of sp³-hybridized carbons (Fsp3) is 0.267. The fourth-order valence-corrected chi connectivity index (χ4v) is 2.78. The third-order valence-electron chi connectivity index (χ3n) is 3.55. The Bertz CT molecular complexity index is 730. The fourth-order valence-electron chi connectivity index (χ4n) is 2.65. The number of fused-ring (bicyclic) bond motifs is 1. The molecule has 1 aliphatic heterocycles. The minimum atomic E-state index is -4.45. The molecule has 2 aromatic rings. The molecule has 0 saturated carbocycles. The predicted molar refractivity (Wildman–Crippen MR) is 79.2 cm³/mol. The van der Waals surface area contributed by atoms with E-state index in [9.17, 15) is 13.2 Å². The summed E-state index contributed by atoms with van der Waals surface area (Å²) >= 11 is 5.84. The van der Waals surface area contributed by atoms with Gasteiger partial charge in [0, 0.05) is 30.7 Å². The first-order valence-electron chi connectivity index (χ1n) is 6.66. The molecule has 0 amide bonds. The lowest BCUT2D eigenvalue weighted by Crippen LogP contribution is -2.25. The molecule has 0 spiro atoms. The Hall–Kier alpha value is -1.79. The van der Waals surface area contributed by atoms with E-state index in [1.165, 1.54) is 11.7 Å². The minimum Gasteiger partial charge on any atom is -0.308 e. The topological polar surface area (TPSA) is 29.9 Å². The largest absolute Gasteiger partial charge is 0.435 e. The average Bonchev–Trinajstić information content (AvgIpc) is 2.80. The molecule has 1 aliphatic rings. The van der Waals surface area contributed by atoms with Crippen molar-refractivity contribution in [1.29, 1.82) is 0 Å². The van der Waals surface area contributed by atoms with Crippen molar-refractivity contribution >= 4 is 23.3 Å². The van der Waals surface area contributed by atoms with Gasteiger partial charge in [-0.15, -0.1) is 0 Å². The van der Waals surface area contributed by atoms with Gasteiger partial charge in [-0.05, 0) is 29.3 Å². The maximum Gasteiger partial charge on any atom is 0.435 e. The molecule has 0 unspecified atom stereocenters. The number of halogens is 4. The van der Waals surface area contributed by atoms with Crippen molar-refractivity contribution < 1.29 is 13.2 Å². The van der Waals surface area contributed by atoms with Gasteiger partial charge < -0.3 is 5.32 Å². The number of nitrogens with one attached hydrogen (secondary N) is 1. The number of benzene rings is 1. The van der Waals surface area contributed by atoms with Gasteiger partial charge in [-0.1, -0.05) is 23.7 Å². The van der Waals surface area contributed by atoms with Crippen LogP contribution in [0, 0.1) is 0 Å². The SMILES string of the molecule is Cn1nc(C(F)(F)F)c2c1/C(=C\c1ccc(Cl)cc1)CNC2. The number of aromatic nitrogens is 2. The molecule has 0 fully saturated rings. The summed E-state index contributed by atoms with van der Waals surface area (Å²) in [6, 6.07) is 7.14. The molecule has 0 radical (unpaired) electrons. The van der Waals surface area contributed by atoms with Crippen molar-refractivity contribution in [2.45, 2.75) is 12.7 Å². The Morgan fingerprint density at radius 1 is 1.23 bits per heavy atom. The number of rotatable bonds is 1. The van der Waals surface area contributed by atoms with Gasteiger partial charge in [-0.3, -0.25) is 4.68 Å². The Kier molecular flexibility index (Phi) is 3.74. The number of hydrogen-bond donors (Lipinski definition) is 1. The zero-order valence-electron chi connectivity index (χ0n) is 11.7. The number of aryl methyl sites for hydroxylation is 1. The second-order valence-corrected chi connectivity index (χ2v) is 5.56. The monoisotopic (exact) mass is 327 g/mol. The van der Waals surface area contributed by atoms with E-state index in [0.29, 0.717) is 17.3 Å². The molecule has 22 heavy (non-hydrogen) atoms. The van der Waals surface area contributed by atoms with Crippen LogP contribution < -0.4 is 5.32 Å². The molecular formula is C15H13ClF3N3. The van der Waals surface area contributed by atoms with E-state index >= 15 is 0 Å². The van der Waals surface area contributed by atoms with Gasteiger partial charge in [0.25, 0.3) is 0 Å². The highest BCUT2D eigenvalue weighted by Gasteiger charge is 2.39. The van der Waals surface area contributed by atoms with Crippen LogP contribution in [0.25, 0.3) is 11.6 Å². The highest BCUT2D eigenvalue weighted by Crippen LogP contribution is 2.36. The number of nitrogens with zero attached hydrogens (tertiary/aromatic N) is 2. The number of alkyl halides is 3. The molecular weight excluding hydrogens is 315 g/mol. The van der Waals surface area contributed by atoms with Crippen LogP contribution in [0.15, 0.2) is 24.3 Å². The summed E-state index contributed by atoms with van der Waals surface area (Å²) in [7, 11) is 1.54. The van der Waals surface area contributed by atoms with E-state index in [2.05, 4.69) is 10.4 Å². The quantitative estimate of drug-likeness (QED) is 0.865. The summed E-state index contributed by atoms with van der Waals surface area (Å²) in [4.78, 5) is 0. The maximum absolute atomic E-state index is 13.0. The molecule has 1 aromatic heterocycles. The van der Waals surface area contributed by atoms with E-state index < -0.39 is 11.9 Å².